The van der Waals surface area contributed by atoms with Crippen LogP contribution >= 0.6 is 0 Å². The molecule has 2 atom stereocenters. The van der Waals surface area contributed by atoms with E-state index in [0.717, 1.165) is 4.31 Å². The lowest BCUT2D eigenvalue weighted by atomic mass is 10.0. The minimum absolute atomic E-state index is 0.110. The molecule has 9 nitrogen and oxygen atoms in total. The number of hydrogen-bond donors (Lipinski definition) is 2. The van der Waals surface area contributed by atoms with Crippen molar-refractivity contribution in [1.29, 1.82) is 0 Å². The standard InChI is InChI=1S/C11H15N3O6S/c1-6-8(9(15)13-11(18)12-6)21(19,20)14-4-2-3-7(5-14)10(16)17/h7-8H,2-5H2,1H3,(H,16,17)(H,13,15,18). The Morgan fingerprint density at radius 3 is 2.67 bits per heavy atom. The molecule has 1 fully saturated rings. The summed E-state index contributed by atoms with van der Waals surface area (Å²) in [6.45, 7) is 1.26. The van der Waals surface area contributed by atoms with Gasteiger partial charge in [0.25, 0.3) is 5.91 Å². The van der Waals surface area contributed by atoms with E-state index < -0.39 is 39.1 Å². The Morgan fingerprint density at radius 2 is 2.10 bits per heavy atom. The number of urea groups is 1. The highest BCUT2D eigenvalue weighted by Crippen LogP contribution is 2.23. The van der Waals surface area contributed by atoms with Crippen LogP contribution in [0.5, 0.6) is 0 Å². The number of piperidine rings is 1. The molecule has 2 rings (SSSR count). The van der Waals surface area contributed by atoms with Gasteiger partial charge < -0.3 is 5.11 Å². The van der Waals surface area contributed by atoms with Crippen LogP contribution in [0.3, 0.4) is 0 Å². The second-order valence-corrected chi connectivity index (χ2v) is 7.03. The van der Waals surface area contributed by atoms with Crippen molar-refractivity contribution in [2.45, 2.75) is 25.0 Å². The first-order chi connectivity index (χ1) is 9.73. The van der Waals surface area contributed by atoms with Crippen LogP contribution < -0.4 is 5.32 Å². The van der Waals surface area contributed by atoms with E-state index in [1.54, 1.807) is 0 Å². The van der Waals surface area contributed by atoms with Gasteiger partial charge in [-0.2, -0.15) is 0 Å². The number of carboxylic acids is 1. The van der Waals surface area contributed by atoms with Crippen molar-refractivity contribution in [3.05, 3.63) is 0 Å². The van der Waals surface area contributed by atoms with Gasteiger partial charge in [-0.15, -0.1) is 0 Å². The summed E-state index contributed by atoms with van der Waals surface area (Å²) in [6.07, 6.45) is 0.795. The van der Waals surface area contributed by atoms with Crippen LogP contribution in [0.4, 0.5) is 4.79 Å². The minimum atomic E-state index is -4.10. The van der Waals surface area contributed by atoms with E-state index in [4.69, 9.17) is 5.11 Å². The van der Waals surface area contributed by atoms with Crippen molar-refractivity contribution in [2.24, 2.45) is 10.9 Å². The van der Waals surface area contributed by atoms with Gasteiger partial charge in [-0.25, -0.2) is 22.5 Å². The molecule has 2 aliphatic rings. The van der Waals surface area contributed by atoms with Gasteiger partial charge in [0.1, 0.15) is 0 Å². The van der Waals surface area contributed by atoms with Gasteiger partial charge in [-0.1, -0.05) is 0 Å². The van der Waals surface area contributed by atoms with Crippen molar-refractivity contribution in [1.82, 2.24) is 9.62 Å². The molecule has 116 valence electrons. The number of nitrogens with zero attached hydrogens (tertiary/aromatic N) is 2. The molecule has 0 aromatic rings. The summed E-state index contributed by atoms with van der Waals surface area (Å²) in [7, 11) is -4.10. The molecule has 3 amide bonds. The predicted molar refractivity (Wildman–Crippen MR) is 71.3 cm³/mol. The van der Waals surface area contributed by atoms with Crippen LogP contribution in [0.15, 0.2) is 4.99 Å². The minimum Gasteiger partial charge on any atom is -0.481 e. The van der Waals surface area contributed by atoms with Crippen LogP contribution in [0, 0.1) is 5.92 Å². The summed E-state index contributed by atoms with van der Waals surface area (Å²) < 4.78 is 26.0. The largest absolute Gasteiger partial charge is 0.481 e. The highest BCUT2D eigenvalue weighted by molar-refractivity contribution is 7.91. The van der Waals surface area contributed by atoms with Crippen molar-refractivity contribution >= 4 is 33.6 Å². The first-order valence-electron chi connectivity index (χ1n) is 6.35. The molecule has 21 heavy (non-hydrogen) atoms. The van der Waals surface area contributed by atoms with Crippen molar-refractivity contribution in [3.8, 4) is 0 Å². The molecule has 2 N–H and O–H groups in total. The molecule has 2 heterocycles. The number of carboxylic acid groups (broad SMARTS) is 1. The summed E-state index contributed by atoms with van der Waals surface area (Å²) in [4.78, 5) is 37.3. The van der Waals surface area contributed by atoms with Gasteiger partial charge in [-0.05, 0) is 19.8 Å². The van der Waals surface area contributed by atoms with Crippen LogP contribution in [0.1, 0.15) is 19.8 Å². The van der Waals surface area contributed by atoms with Gasteiger partial charge in [0, 0.05) is 18.8 Å². The zero-order chi connectivity index (χ0) is 15.8. The van der Waals surface area contributed by atoms with E-state index >= 15 is 0 Å². The lowest BCUT2D eigenvalue weighted by Gasteiger charge is -2.33. The second-order valence-electron chi connectivity index (χ2n) is 5.01. The third kappa shape index (κ3) is 2.95. The molecule has 0 saturated carbocycles. The van der Waals surface area contributed by atoms with Crippen LogP contribution in [-0.2, 0) is 19.6 Å². The van der Waals surface area contributed by atoms with E-state index in [2.05, 4.69) is 4.99 Å². The number of rotatable bonds is 3. The number of carbonyl (C=O) groups is 3. The Hall–Kier alpha value is -1.81. The van der Waals surface area contributed by atoms with Crippen LogP contribution in [0.2, 0.25) is 0 Å². The van der Waals surface area contributed by atoms with Gasteiger partial charge in [0.2, 0.25) is 10.0 Å². The molecular weight excluding hydrogens is 302 g/mol. The average molecular weight is 317 g/mol. The van der Waals surface area contributed by atoms with E-state index in [9.17, 15) is 22.8 Å². The van der Waals surface area contributed by atoms with Gasteiger partial charge in [0.05, 0.1) is 5.92 Å². The van der Waals surface area contributed by atoms with Gasteiger partial charge in [0.15, 0.2) is 5.25 Å². The third-order valence-electron chi connectivity index (χ3n) is 3.52. The smallest absolute Gasteiger partial charge is 0.347 e. The number of nitrogens with one attached hydrogen (secondary N) is 1. The number of aliphatic imine (C=N–C) groups is 1. The summed E-state index contributed by atoms with van der Waals surface area (Å²) in [5.41, 5.74) is -0.110. The summed E-state index contributed by atoms with van der Waals surface area (Å²) in [6, 6.07) is -0.897. The normalized spacial score (nSPS) is 28.0. The van der Waals surface area contributed by atoms with Crippen LogP contribution in [0.25, 0.3) is 0 Å². The molecule has 0 aliphatic carbocycles. The summed E-state index contributed by atoms with van der Waals surface area (Å²) in [5.74, 6) is -2.81. The topological polar surface area (TPSA) is 133 Å². The fourth-order valence-corrected chi connectivity index (χ4v) is 4.37. The highest BCUT2D eigenvalue weighted by Gasteiger charge is 2.44. The molecule has 0 aromatic carbocycles. The molecule has 1 saturated heterocycles. The van der Waals surface area contributed by atoms with Crippen molar-refractivity contribution in [2.75, 3.05) is 13.1 Å². The average Bonchev–Trinajstić information content (AvgIpc) is 2.37. The number of hydrogen-bond acceptors (Lipinski definition) is 5. The Labute approximate surface area is 121 Å². The molecule has 2 unspecified atom stereocenters. The number of sulfonamides is 1. The van der Waals surface area contributed by atoms with Gasteiger partial charge in [-0.3, -0.25) is 14.9 Å². The number of carbonyl (C=O) groups excluding carboxylic acids is 2. The number of imide groups is 1. The van der Waals surface area contributed by atoms with Crippen molar-refractivity contribution < 1.29 is 27.9 Å². The van der Waals surface area contributed by atoms with Gasteiger partial charge >= 0.3 is 12.0 Å². The maximum atomic E-state index is 12.5. The predicted octanol–water partition coefficient (Wildman–Crippen LogP) is -0.808. The molecule has 2 aliphatic heterocycles. The quantitative estimate of drug-likeness (QED) is 0.699. The molecular formula is C11H15N3O6S. The molecule has 0 aromatic heterocycles. The van der Waals surface area contributed by atoms with E-state index in [0.29, 0.717) is 12.8 Å². The maximum absolute atomic E-state index is 12.5. The first kappa shape index (κ1) is 15.6. The van der Waals surface area contributed by atoms with E-state index in [1.165, 1.54) is 6.92 Å². The molecule has 0 radical (unpaired) electrons. The third-order valence-corrected chi connectivity index (χ3v) is 5.72. The lowest BCUT2D eigenvalue weighted by molar-refractivity contribution is -0.142. The first-order valence-corrected chi connectivity index (χ1v) is 7.85. The Kier molecular flexibility index (Phi) is 4.10. The van der Waals surface area contributed by atoms with Crippen LogP contribution in [-0.4, -0.2) is 59.8 Å². The molecule has 10 heteroatoms. The second kappa shape index (κ2) is 5.53. The maximum Gasteiger partial charge on any atom is 0.347 e. The molecule has 0 bridgehead atoms. The zero-order valence-corrected chi connectivity index (χ0v) is 12.1. The summed E-state index contributed by atoms with van der Waals surface area (Å²) >= 11 is 0. The zero-order valence-electron chi connectivity index (χ0n) is 11.3. The number of aliphatic carboxylic acids is 1. The Morgan fingerprint density at radius 1 is 1.43 bits per heavy atom. The number of amides is 3. The SMILES string of the molecule is CC1=NC(=O)NC(=O)C1S(=O)(=O)N1CCCC(C(=O)O)C1. The lowest BCUT2D eigenvalue weighted by Crippen LogP contribution is -2.56. The molecule has 0 spiro atoms. The Balaban J connectivity index is 2.29. The monoisotopic (exact) mass is 317 g/mol. The van der Waals surface area contributed by atoms with E-state index in [1.807, 2.05) is 5.32 Å². The Bertz CT molecular complexity index is 626. The summed E-state index contributed by atoms with van der Waals surface area (Å²) in [5, 5.41) is 9.27. The van der Waals surface area contributed by atoms with Crippen molar-refractivity contribution in [3.63, 3.8) is 0 Å². The van der Waals surface area contributed by atoms with E-state index in [-0.39, 0.29) is 18.8 Å². The highest BCUT2D eigenvalue weighted by atomic mass is 32.2. The fourth-order valence-electron chi connectivity index (χ4n) is 2.48. The fraction of sp³-hybridized carbons (Fsp3) is 0.636.